The number of hydrogen-bond acceptors (Lipinski definition) is 8. The van der Waals surface area contributed by atoms with Gasteiger partial charge in [-0.2, -0.15) is 0 Å². The summed E-state index contributed by atoms with van der Waals surface area (Å²) in [7, 11) is 3.42. The molecule has 1 aromatic carbocycles. The van der Waals surface area contributed by atoms with Crippen molar-refractivity contribution in [3.63, 3.8) is 0 Å². The number of benzene rings is 1. The van der Waals surface area contributed by atoms with Crippen molar-refractivity contribution in [3.8, 4) is 23.1 Å². The number of pyridine rings is 2. The second kappa shape index (κ2) is 11.1. The summed E-state index contributed by atoms with van der Waals surface area (Å²) < 4.78 is 14.4. The summed E-state index contributed by atoms with van der Waals surface area (Å²) in [5, 5.41) is 17.5. The summed E-state index contributed by atoms with van der Waals surface area (Å²) >= 11 is 0. The molecule has 3 aromatic heterocycles. The average molecular weight is 511 g/mol. The molecular weight excluding hydrogens is 483 g/mol. The molecule has 192 valence electrons. The summed E-state index contributed by atoms with van der Waals surface area (Å²) in [5.41, 5.74) is 4.30. The number of anilines is 2. The fourth-order valence-corrected chi connectivity index (χ4v) is 3.86. The van der Waals surface area contributed by atoms with Gasteiger partial charge >= 0.3 is 0 Å². The third-order valence-corrected chi connectivity index (χ3v) is 5.87. The summed E-state index contributed by atoms with van der Waals surface area (Å²) in [6.45, 7) is 5.16. The third-order valence-electron chi connectivity index (χ3n) is 5.87. The monoisotopic (exact) mass is 510 g/mol. The third kappa shape index (κ3) is 5.48. The van der Waals surface area contributed by atoms with Gasteiger partial charge in [-0.1, -0.05) is 18.1 Å². The number of nitrogens with one attached hydrogen (secondary N) is 4. The number of halogens is 1. The number of aromatic nitrogens is 4. The quantitative estimate of drug-likeness (QED) is 0.229. The fourth-order valence-electron chi connectivity index (χ4n) is 3.86. The minimum Gasteiger partial charge on any atom is -0.385 e. The second-order valence-corrected chi connectivity index (χ2v) is 8.64. The zero-order chi connectivity index (χ0) is 27.4. The predicted octanol–water partition coefficient (Wildman–Crippen LogP) is 3.91. The Bertz CT molecular complexity index is 1620. The number of amides is 1. The minimum absolute atomic E-state index is 0.252. The zero-order valence-corrected chi connectivity index (χ0v) is 21.7. The van der Waals surface area contributed by atoms with Crippen LogP contribution in [-0.4, -0.2) is 51.7 Å². The van der Waals surface area contributed by atoms with Crippen molar-refractivity contribution in [2.75, 3.05) is 24.7 Å². The van der Waals surface area contributed by atoms with E-state index in [1.54, 1.807) is 65.2 Å². The first-order valence-electron chi connectivity index (χ1n) is 11.9. The molecule has 0 aliphatic heterocycles. The molecule has 9 nitrogen and oxygen atoms in total. The van der Waals surface area contributed by atoms with Gasteiger partial charge in [-0.05, 0) is 58.0 Å². The molecule has 1 amide bonds. The van der Waals surface area contributed by atoms with E-state index in [2.05, 4.69) is 47.7 Å². The van der Waals surface area contributed by atoms with Crippen LogP contribution in [0.15, 0.2) is 42.7 Å². The normalized spacial score (nSPS) is 11.4. The largest absolute Gasteiger partial charge is 0.385 e. The van der Waals surface area contributed by atoms with Crippen LogP contribution in [0.2, 0.25) is 0 Å². The van der Waals surface area contributed by atoms with Gasteiger partial charge < -0.3 is 21.4 Å². The van der Waals surface area contributed by atoms with Gasteiger partial charge in [0.05, 0.1) is 23.1 Å². The number of carbonyl (C=O) groups excluding carboxylic acids is 1. The lowest BCUT2D eigenvalue weighted by Gasteiger charge is -2.14. The molecule has 38 heavy (non-hydrogen) atoms. The predicted molar refractivity (Wildman–Crippen MR) is 147 cm³/mol. The van der Waals surface area contributed by atoms with E-state index >= 15 is 0 Å². The van der Waals surface area contributed by atoms with E-state index in [0.717, 1.165) is 0 Å². The van der Waals surface area contributed by atoms with Crippen molar-refractivity contribution in [2.45, 2.75) is 26.8 Å². The van der Waals surface area contributed by atoms with Crippen LogP contribution in [0.1, 0.15) is 36.5 Å². The highest BCUT2D eigenvalue weighted by Crippen LogP contribution is 2.30. The molecule has 0 saturated carbocycles. The lowest BCUT2D eigenvalue weighted by Crippen LogP contribution is -2.35. The van der Waals surface area contributed by atoms with Crippen molar-refractivity contribution < 1.29 is 9.18 Å². The summed E-state index contributed by atoms with van der Waals surface area (Å²) in [6.07, 6.45) is 1.39. The van der Waals surface area contributed by atoms with Gasteiger partial charge in [0.1, 0.15) is 34.9 Å². The van der Waals surface area contributed by atoms with Crippen LogP contribution in [0.25, 0.3) is 22.2 Å². The van der Waals surface area contributed by atoms with E-state index in [0.29, 0.717) is 45.0 Å². The van der Waals surface area contributed by atoms with Gasteiger partial charge in [0.15, 0.2) is 0 Å². The second-order valence-electron chi connectivity index (χ2n) is 8.64. The van der Waals surface area contributed by atoms with E-state index in [1.807, 2.05) is 0 Å². The number of nitrogens with zero attached hydrogens (tertiary/aromatic N) is 4. The topological polar surface area (TPSA) is 129 Å². The SMILES string of the molecule is CNc1c(C(C)=N)ncnc1-c1cc(C#Cc2cc(C)nc3c(F)cccc23)nc(NC(=O)C(C)NC)c1. The number of para-hydroxylation sites is 1. The Balaban J connectivity index is 1.88. The summed E-state index contributed by atoms with van der Waals surface area (Å²) in [6, 6.07) is 9.53. The number of likely N-dealkylation sites (N-methyl/N-ethyl adjacent to an activating group) is 1. The Morgan fingerprint density at radius 2 is 1.89 bits per heavy atom. The van der Waals surface area contributed by atoms with E-state index < -0.39 is 11.9 Å². The van der Waals surface area contributed by atoms with Gasteiger partial charge in [-0.15, -0.1) is 0 Å². The summed E-state index contributed by atoms with van der Waals surface area (Å²) in [5.74, 6) is 5.75. The Kier molecular flexibility index (Phi) is 7.69. The van der Waals surface area contributed by atoms with Crippen molar-refractivity contribution in [1.29, 1.82) is 5.41 Å². The molecule has 3 heterocycles. The van der Waals surface area contributed by atoms with Gasteiger partial charge in [-0.25, -0.2) is 24.3 Å². The molecule has 4 N–H and O–H groups in total. The standard InChI is InChI=1S/C28H27FN8O/c1-15-11-18(21-7-6-8-22(29)26(21)35-15)9-10-20-12-19(13-23(36-20)37-28(38)17(3)31-4)25-27(32-5)24(16(2)30)33-14-34-25/h6-8,11-14,17,30-32H,1-5H3,(H,36,37,38). The molecule has 4 aromatic rings. The first kappa shape index (κ1) is 26.3. The Morgan fingerprint density at radius 3 is 2.61 bits per heavy atom. The minimum atomic E-state index is -0.449. The number of aryl methyl sites for hydroxylation is 1. The van der Waals surface area contributed by atoms with Gasteiger partial charge in [0, 0.05) is 29.3 Å². The molecule has 1 atom stereocenters. The highest BCUT2D eigenvalue weighted by molar-refractivity contribution is 6.02. The van der Waals surface area contributed by atoms with Crippen molar-refractivity contribution in [2.24, 2.45) is 0 Å². The maximum absolute atomic E-state index is 14.4. The van der Waals surface area contributed by atoms with Gasteiger partial charge in [0.25, 0.3) is 0 Å². The van der Waals surface area contributed by atoms with Crippen LogP contribution >= 0.6 is 0 Å². The van der Waals surface area contributed by atoms with Crippen LogP contribution in [0.4, 0.5) is 15.9 Å². The molecule has 0 fully saturated rings. The maximum atomic E-state index is 14.4. The van der Waals surface area contributed by atoms with Crippen molar-refractivity contribution in [1.82, 2.24) is 25.3 Å². The van der Waals surface area contributed by atoms with Crippen LogP contribution in [0.3, 0.4) is 0 Å². The number of fused-ring (bicyclic) bond motifs is 1. The van der Waals surface area contributed by atoms with E-state index in [1.165, 1.54) is 12.4 Å². The van der Waals surface area contributed by atoms with E-state index in [4.69, 9.17) is 5.41 Å². The Labute approximate surface area is 219 Å². The number of hydrogen-bond donors (Lipinski definition) is 4. The van der Waals surface area contributed by atoms with E-state index in [-0.39, 0.29) is 23.0 Å². The first-order valence-corrected chi connectivity index (χ1v) is 11.9. The molecule has 0 bridgehead atoms. The van der Waals surface area contributed by atoms with Gasteiger partial charge in [0.2, 0.25) is 5.91 Å². The summed E-state index contributed by atoms with van der Waals surface area (Å²) in [4.78, 5) is 30.1. The van der Waals surface area contributed by atoms with Crippen molar-refractivity contribution >= 4 is 34.0 Å². The average Bonchev–Trinajstić information content (AvgIpc) is 2.91. The highest BCUT2D eigenvalue weighted by Gasteiger charge is 2.17. The highest BCUT2D eigenvalue weighted by atomic mass is 19.1. The Morgan fingerprint density at radius 1 is 1.11 bits per heavy atom. The molecule has 0 aliphatic rings. The van der Waals surface area contributed by atoms with E-state index in [9.17, 15) is 9.18 Å². The molecule has 0 aliphatic carbocycles. The molecule has 10 heteroatoms. The smallest absolute Gasteiger partial charge is 0.242 e. The van der Waals surface area contributed by atoms with Crippen LogP contribution < -0.4 is 16.0 Å². The number of carbonyl (C=O) groups is 1. The van der Waals surface area contributed by atoms with Crippen LogP contribution in [0, 0.1) is 30.0 Å². The van der Waals surface area contributed by atoms with Crippen LogP contribution in [0.5, 0.6) is 0 Å². The molecular formula is C28H27FN8O. The molecule has 0 radical (unpaired) electrons. The lowest BCUT2D eigenvalue weighted by molar-refractivity contribution is -0.117. The molecule has 1 unspecified atom stereocenters. The fraction of sp³-hybridized carbons (Fsp3) is 0.214. The molecule has 0 saturated heterocycles. The number of rotatable bonds is 6. The zero-order valence-electron chi connectivity index (χ0n) is 21.7. The van der Waals surface area contributed by atoms with Crippen molar-refractivity contribution in [3.05, 3.63) is 71.2 Å². The molecule has 4 rings (SSSR count). The molecule has 0 spiro atoms. The maximum Gasteiger partial charge on any atom is 0.242 e. The lowest BCUT2D eigenvalue weighted by atomic mass is 10.1. The first-order chi connectivity index (χ1) is 18.2. The Hall–Kier alpha value is -4.75. The van der Waals surface area contributed by atoms with Crippen LogP contribution in [-0.2, 0) is 4.79 Å². The van der Waals surface area contributed by atoms with Gasteiger partial charge in [-0.3, -0.25) is 4.79 Å².